The number of rotatable bonds is 4. The fourth-order valence-electron chi connectivity index (χ4n) is 1.71. The first-order valence-corrected chi connectivity index (χ1v) is 6.78. The molecule has 2 aromatic rings. The van der Waals surface area contributed by atoms with E-state index in [-0.39, 0.29) is 11.7 Å². The molecule has 2 aromatic carbocycles. The Morgan fingerprint density at radius 1 is 1.30 bits per heavy atom. The van der Waals surface area contributed by atoms with E-state index >= 15 is 0 Å². The van der Waals surface area contributed by atoms with E-state index < -0.39 is 0 Å². The lowest BCUT2D eigenvalue weighted by molar-refractivity contribution is 0.304. The van der Waals surface area contributed by atoms with Gasteiger partial charge in [-0.3, -0.25) is 5.41 Å². The van der Waals surface area contributed by atoms with E-state index in [1.807, 2.05) is 13.0 Å². The third-order valence-corrected chi connectivity index (χ3v) is 3.49. The molecule has 0 bridgehead atoms. The molecule has 0 saturated carbocycles. The standard InChI is InChI=1S/C15H14BrFN2O/c1-9-2-4-11(15(18)19)7-14(9)20-8-10-3-5-13(17)12(16)6-10/h2-7H,8H2,1H3,(H3,18,19). The van der Waals surface area contributed by atoms with Crippen LogP contribution in [0, 0.1) is 18.2 Å². The Hall–Kier alpha value is -1.88. The van der Waals surface area contributed by atoms with Crippen LogP contribution >= 0.6 is 15.9 Å². The molecule has 5 heteroatoms. The van der Waals surface area contributed by atoms with Gasteiger partial charge in [-0.15, -0.1) is 0 Å². The maximum Gasteiger partial charge on any atom is 0.137 e. The number of ether oxygens (including phenoxy) is 1. The number of nitrogens with one attached hydrogen (secondary N) is 1. The quantitative estimate of drug-likeness (QED) is 0.659. The summed E-state index contributed by atoms with van der Waals surface area (Å²) in [6.45, 7) is 2.24. The van der Waals surface area contributed by atoms with Crippen molar-refractivity contribution in [3.05, 3.63) is 63.4 Å². The van der Waals surface area contributed by atoms with Crippen molar-refractivity contribution in [2.24, 2.45) is 5.73 Å². The monoisotopic (exact) mass is 336 g/mol. The number of halogens is 2. The number of nitrogens with two attached hydrogens (primary N) is 1. The van der Waals surface area contributed by atoms with Gasteiger partial charge in [0.05, 0.1) is 4.47 Å². The van der Waals surface area contributed by atoms with E-state index in [0.717, 1.165) is 11.1 Å². The predicted octanol–water partition coefficient (Wildman–Crippen LogP) is 3.76. The van der Waals surface area contributed by atoms with Crippen molar-refractivity contribution in [3.63, 3.8) is 0 Å². The van der Waals surface area contributed by atoms with Crippen LogP contribution in [0.5, 0.6) is 5.75 Å². The van der Waals surface area contributed by atoms with Crippen LogP contribution in [0.25, 0.3) is 0 Å². The van der Waals surface area contributed by atoms with E-state index in [1.54, 1.807) is 24.3 Å². The second-order valence-corrected chi connectivity index (χ2v) is 5.29. The van der Waals surface area contributed by atoms with Crippen LogP contribution in [0.1, 0.15) is 16.7 Å². The van der Waals surface area contributed by atoms with Crippen molar-refractivity contribution < 1.29 is 9.13 Å². The minimum atomic E-state index is -0.302. The summed E-state index contributed by atoms with van der Waals surface area (Å²) in [5.74, 6) is 0.362. The molecule has 0 saturated heterocycles. The summed E-state index contributed by atoms with van der Waals surface area (Å²) in [4.78, 5) is 0. The van der Waals surface area contributed by atoms with Gasteiger partial charge in [-0.1, -0.05) is 18.2 Å². The molecule has 0 aliphatic rings. The molecule has 3 N–H and O–H groups in total. The van der Waals surface area contributed by atoms with Crippen LogP contribution in [0.15, 0.2) is 40.9 Å². The van der Waals surface area contributed by atoms with Crippen molar-refractivity contribution in [2.75, 3.05) is 0 Å². The van der Waals surface area contributed by atoms with Crippen LogP contribution in [0.2, 0.25) is 0 Å². The molecule has 0 spiro atoms. The van der Waals surface area contributed by atoms with Crippen molar-refractivity contribution in [2.45, 2.75) is 13.5 Å². The minimum Gasteiger partial charge on any atom is -0.489 e. The van der Waals surface area contributed by atoms with Crippen LogP contribution < -0.4 is 10.5 Å². The van der Waals surface area contributed by atoms with Crippen LogP contribution in [-0.2, 0) is 6.61 Å². The van der Waals surface area contributed by atoms with Gasteiger partial charge in [0.25, 0.3) is 0 Å². The van der Waals surface area contributed by atoms with E-state index in [0.29, 0.717) is 22.4 Å². The van der Waals surface area contributed by atoms with Gasteiger partial charge < -0.3 is 10.5 Å². The normalized spacial score (nSPS) is 10.3. The minimum absolute atomic E-state index is 0.000577. The molecular weight excluding hydrogens is 323 g/mol. The first-order chi connectivity index (χ1) is 9.47. The summed E-state index contributed by atoms with van der Waals surface area (Å²) in [7, 11) is 0. The fraction of sp³-hybridized carbons (Fsp3) is 0.133. The highest BCUT2D eigenvalue weighted by atomic mass is 79.9. The summed E-state index contributed by atoms with van der Waals surface area (Å²) in [5, 5.41) is 7.42. The molecule has 0 unspecified atom stereocenters. The summed E-state index contributed by atoms with van der Waals surface area (Å²) < 4.78 is 19.3. The number of hydrogen-bond acceptors (Lipinski definition) is 2. The van der Waals surface area contributed by atoms with Crippen molar-refractivity contribution in [3.8, 4) is 5.75 Å². The SMILES string of the molecule is Cc1ccc(C(=N)N)cc1OCc1ccc(F)c(Br)c1. The van der Waals surface area contributed by atoms with Crippen LogP contribution in [0.4, 0.5) is 4.39 Å². The van der Waals surface area contributed by atoms with Gasteiger partial charge >= 0.3 is 0 Å². The summed E-state index contributed by atoms with van der Waals surface area (Å²) in [5.41, 5.74) is 7.88. The Balaban J connectivity index is 2.15. The second kappa shape index (κ2) is 6.05. The molecular formula is C15H14BrFN2O. The molecule has 20 heavy (non-hydrogen) atoms. The van der Waals surface area contributed by atoms with Gasteiger partial charge in [0.2, 0.25) is 0 Å². The summed E-state index contributed by atoms with van der Waals surface area (Å²) >= 11 is 3.14. The predicted molar refractivity (Wildman–Crippen MR) is 80.6 cm³/mol. The van der Waals surface area contributed by atoms with E-state index in [1.165, 1.54) is 6.07 Å². The van der Waals surface area contributed by atoms with Gasteiger partial charge in [-0.05, 0) is 52.2 Å². The first kappa shape index (κ1) is 14.5. The first-order valence-electron chi connectivity index (χ1n) is 5.99. The molecule has 0 aromatic heterocycles. The van der Waals surface area contributed by atoms with E-state index in [9.17, 15) is 4.39 Å². The molecule has 0 aliphatic carbocycles. The van der Waals surface area contributed by atoms with Gasteiger partial charge in [0, 0.05) is 5.56 Å². The molecule has 0 heterocycles. The molecule has 2 rings (SSSR count). The lowest BCUT2D eigenvalue weighted by Crippen LogP contribution is -2.11. The zero-order valence-corrected chi connectivity index (χ0v) is 12.5. The highest BCUT2D eigenvalue weighted by Crippen LogP contribution is 2.22. The van der Waals surface area contributed by atoms with Crippen molar-refractivity contribution in [1.82, 2.24) is 0 Å². The highest BCUT2D eigenvalue weighted by Gasteiger charge is 2.05. The van der Waals surface area contributed by atoms with E-state index in [2.05, 4.69) is 15.9 Å². The maximum atomic E-state index is 13.1. The molecule has 0 aliphatic heterocycles. The lowest BCUT2D eigenvalue weighted by atomic mass is 10.1. The average molecular weight is 337 g/mol. The zero-order valence-electron chi connectivity index (χ0n) is 10.9. The number of aryl methyl sites for hydroxylation is 1. The van der Waals surface area contributed by atoms with Gasteiger partial charge in [0.1, 0.15) is 24.0 Å². The molecule has 0 amide bonds. The van der Waals surface area contributed by atoms with Gasteiger partial charge in [0.15, 0.2) is 0 Å². The maximum absolute atomic E-state index is 13.1. The largest absolute Gasteiger partial charge is 0.489 e. The highest BCUT2D eigenvalue weighted by molar-refractivity contribution is 9.10. The Morgan fingerprint density at radius 3 is 2.70 bits per heavy atom. The van der Waals surface area contributed by atoms with Crippen LogP contribution in [-0.4, -0.2) is 5.84 Å². The number of hydrogen-bond donors (Lipinski definition) is 2. The Kier molecular flexibility index (Phi) is 4.39. The fourth-order valence-corrected chi connectivity index (χ4v) is 2.14. The topological polar surface area (TPSA) is 59.1 Å². The Bertz CT molecular complexity index is 658. The summed E-state index contributed by atoms with van der Waals surface area (Å²) in [6, 6.07) is 10.1. The van der Waals surface area contributed by atoms with Crippen molar-refractivity contribution in [1.29, 1.82) is 5.41 Å². The zero-order chi connectivity index (χ0) is 14.7. The molecule has 0 radical (unpaired) electrons. The Labute approximate surface area is 125 Å². The average Bonchev–Trinajstić information content (AvgIpc) is 2.41. The smallest absolute Gasteiger partial charge is 0.137 e. The summed E-state index contributed by atoms with van der Waals surface area (Å²) in [6.07, 6.45) is 0. The molecule has 0 fully saturated rings. The number of amidine groups is 1. The van der Waals surface area contributed by atoms with E-state index in [4.69, 9.17) is 15.9 Å². The third kappa shape index (κ3) is 3.36. The van der Waals surface area contributed by atoms with Gasteiger partial charge in [-0.2, -0.15) is 0 Å². The lowest BCUT2D eigenvalue weighted by Gasteiger charge is -2.11. The third-order valence-electron chi connectivity index (χ3n) is 2.88. The van der Waals surface area contributed by atoms with Crippen molar-refractivity contribution >= 4 is 21.8 Å². The Morgan fingerprint density at radius 2 is 2.05 bits per heavy atom. The molecule has 0 atom stereocenters. The number of benzene rings is 2. The second-order valence-electron chi connectivity index (χ2n) is 4.43. The van der Waals surface area contributed by atoms with Gasteiger partial charge in [-0.25, -0.2) is 4.39 Å². The number of nitrogen functional groups attached to an aromatic ring is 1. The molecule has 104 valence electrons. The van der Waals surface area contributed by atoms with Crippen LogP contribution in [0.3, 0.4) is 0 Å². The molecule has 3 nitrogen and oxygen atoms in total.